The number of benzene rings is 1. The largest absolute Gasteiger partial charge is 0.308 e. The number of hydrazine groups is 1. The molecule has 68 valence electrons. The van der Waals surface area contributed by atoms with Crippen molar-refractivity contribution in [1.29, 1.82) is 0 Å². The topological polar surface area (TPSA) is 32.3 Å². The SMILES string of the molecule is O=Cc1ccc(N2CCCN2)cc1. The van der Waals surface area contributed by atoms with Gasteiger partial charge in [0.15, 0.2) is 0 Å². The van der Waals surface area contributed by atoms with Gasteiger partial charge in [0, 0.05) is 18.7 Å². The average Bonchev–Trinajstić information content (AvgIpc) is 2.71. The lowest BCUT2D eigenvalue weighted by Crippen LogP contribution is -2.30. The number of nitrogens with zero attached hydrogens (tertiary/aromatic N) is 1. The second-order valence-electron chi connectivity index (χ2n) is 3.12. The van der Waals surface area contributed by atoms with Crippen molar-refractivity contribution in [1.82, 2.24) is 5.43 Å². The molecule has 1 N–H and O–H groups in total. The van der Waals surface area contributed by atoms with E-state index in [9.17, 15) is 4.79 Å². The summed E-state index contributed by atoms with van der Waals surface area (Å²) >= 11 is 0. The molecule has 1 saturated heterocycles. The van der Waals surface area contributed by atoms with Crippen molar-refractivity contribution in [3.05, 3.63) is 29.8 Å². The standard InChI is InChI=1S/C10H12N2O/c13-8-9-2-4-10(5-3-9)12-7-1-6-11-12/h2-5,8,11H,1,6-7H2. The summed E-state index contributed by atoms with van der Waals surface area (Å²) < 4.78 is 0. The maximum atomic E-state index is 10.4. The Morgan fingerprint density at radius 3 is 2.62 bits per heavy atom. The molecule has 1 aliphatic rings. The number of carbonyl (C=O) groups is 1. The van der Waals surface area contributed by atoms with Crippen molar-refractivity contribution in [2.75, 3.05) is 18.1 Å². The minimum atomic E-state index is 0.725. The third-order valence-electron chi connectivity index (χ3n) is 2.20. The third kappa shape index (κ3) is 1.70. The molecule has 0 aromatic heterocycles. The summed E-state index contributed by atoms with van der Waals surface area (Å²) in [7, 11) is 0. The van der Waals surface area contributed by atoms with Gasteiger partial charge in [-0.3, -0.25) is 4.79 Å². The van der Waals surface area contributed by atoms with Crippen LogP contribution in [-0.4, -0.2) is 19.4 Å². The van der Waals surface area contributed by atoms with Crippen LogP contribution in [0, 0.1) is 0 Å². The van der Waals surface area contributed by atoms with Crippen LogP contribution in [-0.2, 0) is 0 Å². The lowest BCUT2D eigenvalue weighted by Gasteiger charge is -2.17. The number of carbonyl (C=O) groups excluding carboxylic acids is 1. The lowest BCUT2D eigenvalue weighted by molar-refractivity contribution is 0.112. The van der Waals surface area contributed by atoms with Gasteiger partial charge >= 0.3 is 0 Å². The molecule has 3 heteroatoms. The first kappa shape index (κ1) is 8.26. The molecule has 0 amide bonds. The molecule has 2 rings (SSSR count). The van der Waals surface area contributed by atoms with E-state index in [1.807, 2.05) is 24.3 Å². The van der Waals surface area contributed by atoms with E-state index in [4.69, 9.17) is 0 Å². The van der Waals surface area contributed by atoms with Crippen LogP contribution in [0.25, 0.3) is 0 Å². The van der Waals surface area contributed by atoms with E-state index in [-0.39, 0.29) is 0 Å². The highest BCUT2D eigenvalue weighted by atomic mass is 16.1. The lowest BCUT2D eigenvalue weighted by atomic mass is 10.2. The molecule has 1 aromatic carbocycles. The average molecular weight is 176 g/mol. The van der Waals surface area contributed by atoms with Gasteiger partial charge in [-0.2, -0.15) is 0 Å². The quantitative estimate of drug-likeness (QED) is 0.687. The molecule has 0 spiro atoms. The number of anilines is 1. The zero-order chi connectivity index (χ0) is 9.10. The number of hydrogen-bond donors (Lipinski definition) is 1. The van der Waals surface area contributed by atoms with E-state index < -0.39 is 0 Å². The van der Waals surface area contributed by atoms with Crippen LogP contribution >= 0.6 is 0 Å². The minimum Gasteiger partial charge on any atom is -0.308 e. The Hall–Kier alpha value is -1.35. The maximum absolute atomic E-state index is 10.4. The Balaban J connectivity index is 2.16. The van der Waals surface area contributed by atoms with Crippen LogP contribution in [0.1, 0.15) is 16.8 Å². The molecule has 1 aromatic rings. The van der Waals surface area contributed by atoms with Gasteiger partial charge in [-0.15, -0.1) is 0 Å². The van der Waals surface area contributed by atoms with Crippen molar-refractivity contribution >= 4 is 12.0 Å². The van der Waals surface area contributed by atoms with Gasteiger partial charge in [-0.05, 0) is 30.7 Å². The molecule has 0 aliphatic carbocycles. The van der Waals surface area contributed by atoms with Crippen molar-refractivity contribution in [2.24, 2.45) is 0 Å². The Bertz CT molecular complexity index is 288. The zero-order valence-corrected chi connectivity index (χ0v) is 7.36. The highest BCUT2D eigenvalue weighted by molar-refractivity contribution is 5.75. The summed E-state index contributed by atoms with van der Waals surface area (Å²) in [4.78, 5) is 10.4. The fourth-order valence-corrected chi connectivity index (χ4v) is 1.48. The molecule has 1 heterocycles. The monoisotopic (exact) mass is 176 g/mol. The number of nitrogens with one attached hydrogen (secondary N) is 1. The summed E-state index contributed by atoms with van der Waals surface area (Å²) in [6.45, 7) is 2.08. The highest BCUT2D eigenvalue weighted by Gasteiger charge is 2.10. The Labute approximate surface area is 77.3 Å². The molecule has 1 fully saturated rings. The van der Waals surface area contributed by atoms with E-state index in [1.165, 1.54) is 6.42 Å². The Kier molecular flexibility index (Phi) is 2.27. The first-order chi connectivity index (χ1) is 6.40. The second kappa shape index (κ2) is 3.58. The molecule has 3 nitrogen and oxygen atoms in total. The van der Waals surface area contributed by atoms with Crippen LogP contribution in [0.5, 0.6) is 0 Å². The maximum Gasteiger partial charge on any atom is 0.150 e. The summed E-state index contributed by atoms with van der Waals surface area (Å²) in [5.74, 6) is 0. The molecule has 0 unspecified atom stereocenters. The summed E-state index contributed by atoms with van der Waals surface area (Å²) in [6.07, 6.45) is 2.04. The Morgan fingerprint density at radius 2 is 2.08 bits per heavy atom. The first-order valence-corrected chi connectivity index (χ1v) is 4.46. The van der Waals surface area contributed by atoms with E-state index >= 15 is 0 Å². The molecule has 0 bridgehead atoms. The van der Waals surface area contributed by atoms with Crippen molar-refractivity contribution in [3.8, 4) is 0 Å². The fourth-order valence-electron chi connectivity index (χ4n) is 1.48. The highest BCUT2D eigenvalue weighted by Crippen LogP contribution is 2.15. The molecule has 1 aliphatic heterocycles. The van der Waals surface area contributed by atoms with E-state index in [1.54, 1.807) is 0 Å². The summed E-state index contributed by atoms with van der Waals surface area (Å²) in [6, 6.07) is 7.59. The van der Waals surface area contributed by atoms with Crippen LogP contribution in [0.2, 0.25) is 0 Å². The molecule has 13 heavy (non-hydrogen) atoms. The van der Waals surface area contributed by atoms with Gasteiger partial charge in [-0.1, -0.05) is 0 Å². The third-order valence-corrected chi connectivity index (χ3v) is 2.20. The second-order valence-corrected chi connectivity index (χ2v) is 3.12. The Morgan fingerprint density at radius 1 is 1.31 bits per heavy atom. The number of hydrogen-bond acceptors (Lipinski definition) is 3. The number of aldehydes is 1. The van der Waals surface area contributed by atoms with Crippen LogP contribution in [0.15, 0.2) is 24.3 Å². The summed E-state index contributed by atoms with van der Waals surface area (Å²) in [5.41, 5.74) is 5.11. The van der Waals surface area contributed by atoms with Crippen LogP contribution in [0.3, 0.4) is 0 Å². The van der Waals surface area contributed by atoms with Gasteiger partial charge < -0.3 is 5.01 Å². The summed E-state index contributed by atoms with van der Waals surface area (Å²) in [5, 5.41) is 2.11. The van der Waals surface area contributed by atoms with Crippen LogP contribution < -0.4 is 10.4 Å². The number of rotatable bonds is 2. The van der Waals surface area contributed by atoms with Gasteiger partial charge in [0.1, 0.15) is 6.29 Å². The van der Waals surface area contributed by atoms with Crippen molar-refractivity contribution < 1.29 is 4.79 Å². The fraction of sp³-hybridized carbons (Fsp3) is 0.300. The first-order valence-electron chi connectivity index (χ1n) is 4.46. The van der Waals surface area contributed by atoms with Gasteiger partial charge in [0.05, 0.1) is 5.69 Å². The van der Waals surface area contributed by atoms with Crippen molar-refractivity contribution in [3.63, 3.8) is 0 Å². The predicted molar refractivity (Wildman–Crippen MR) is 51.8 cm³/mol. The van der Waals surface area contributed by atoms with E-state index in [0.29, 0.717) is 0 Å². The van der Waals surface area contributed by atoms with E-state index in [0.717, 1.165) is 30.6 Å². The van der Waals surface area contributed by atoms with Gasteiger partial charge in [0.2, 0.25) is 0 Å². The minimum absolute atomic E-state index is 0.725. The van der Waals surface area contributed by atoms with Crippen LogP contribution in [0.4, 0.5) is 5.69 Å². The predicted octanol–water partition coefficient (Wildman–Crippen LogP) is 1.21. The molecular weight excluding hydrogens is 164 g/mol. The molecule has 0 radical (unpaired) electrons. The van der Waals surface area contributed by atoms with Gasteiger partial charge in [0.25, 0.3) is 0 Å². The molecule has 0 saturated carbocycles. The zero-order valence-electron chi connectivity index (χ0n) is 7.36. The molecule has 0 atom stereocenters. The van der Waals surface area contributed by atoms with E-state index in [2.05, 4.69) is 10.4 Å². The van der Waals surface area contributed by atoms with Gasteiger partial charge in [-0.25, -0.2) is 5.43 Å². The smallest absolute Gasteiger partial charge is 0.150 e. The molecular formula is C10H12N2O. The van der Waals surface area contributed by atoms with Crippen molar-refractivity contribution in [2.45, 2.75) is 6.42 Å². The normalized spacial score (nSPS) is 16.2.